The van der Waals surface area contributed by atoms with Crippen LogP contribution in [0.15, 0.2) is 23.2 Å². The van der Waals surface area contributed by atoms with Gasteiger partial charge in [0.1, 0.15) is 11.5 Å². The second-order valence-corrected chi connectivity index (χ2v) is 6.33. The van der Waals surface area contributed by atoms with Crippen LogP contribution in [0.4, 0.5) is 0 Å². The Kier molecular flexibility index (Phi) is 6.68. The van der Waals surface area contributed by atoms with Crippen LogP contribution in [0.2, 0.25) is 0 Å². The molecule has 1 N–H and O–H groups in total. The summed E-state index contributed by atoms with van der Waals surface area (Å²) in [6.45, 7) is 4.13. The topological polar surface area (TPSA) is 80.2 Å². The second kappa shape index (κ2) is 8.75. The van der Waals surface area contributed by atoms with Crippen LogP contribution in [-0.2, 0) is 16.1 Å². The Hall–Kier alpha value is -2.48. The molecule has 140 valence electrons. The number of hydrogen-bond donors (Lipinski definition) is 1. The third-order valence-electron chi connectivity index (χ3n) is 4.21. The Morgan fingerprint density at radius 2 is 1.88 bits per heavy atom. The van der Waals surface area contributed by atoms with Gasteiger partial charge < -0.3 is 14.8 Å². The van der Waals surface area contributed by atoms with Crippen molar-refractivity contribution in [1.29, 1.82) is 0 Å². The lowest BCUT2D eigenvalue weighted by atomic mass is 10.0. The number of nitrogens with one attached hydrogen (secondary N) is 1. The standard InChI is InChI=1S/C18H23N3O4S/c1-5-11(2)21-17(23)15(16(22)20-18(21)26)10-19-9-12-6-13(24-3)8-14(7-12)25-4/h6-8,10-11,15H,5,9H2,1-4H3,(H,20,22,26)/t11-,15+/m0/s1. The minimum Gasteiger partial charge on any atom is -0.497 e. The van der Waals surface area contributed by atoms with Crippen molar-refractivity contribution < 1.29 is 19.1 Å². The molecular formula is C18H23N3O4S. The number of benzene rings is 1. The lowest BCUT2D eigenvalue weighted by molar-refractivity contribution is -0.139. The molecule has 0 saturated carbocycles. The molecule has 0 bridgehead atoms. The minimum atomic E-state index is -0.983. The lowest BCUT2D eigenvalue weighted by Crippen LogP contribution is -2.60. The van der Waals surface area contributed by atoms with Crippen LogP contribution in [0.3, 0.4) is 0 Å². The number of carbonyl (C=O) groups is 2. The van der Waals surface area contributed by atoms with E-state index in [4.69, 9.17) is 21.7 Å². The van der Waals surface area contributed by atoms with Gasteiger partial charge in [0.05, 0.1) is 20.8 Å². The average molecular weight is 377 g/mol. The molecule has 2 amide bonds. The normalized spacial score (nSPS) is 18.8. The lowest BCUT2D eigenvalue weighted by Gasteiger charge is -2.34. The third-order valence-corrected chi connectivity index (χ3v) is 4.50. The number of amides is 2. The maximum Gasteiger partial charge on any atom is 0.247 e. The fourth-order valence-electron chi connectivity index (χ4n) is 2.56. The Balaban J connectivity index is 2.15. The molecular weight excluding hydrogens is 354 g/mol. The van der Waals surface area contributed by atoms with Crippen molar-refractivity contribution in [2.45, 2.75) is 32.9 Å². The first-order chi connectivity index (χ1) is 12.4. The first kappa shape index (κ1) is 19.8. The molecule has 1 aliphatic rings. The third kappa shape index (κ3) is 4.37. The van der Waals surface area contributed by atoms with Crippen molar-refractivity contribution in [3.8, 4) is 11.5 Å². The summed E-state index contributed by atoms with van der Waals surface area (Å²) in [6.07, 6.45) is 2.11. The summed E-state index contributed by atoms with van der Waals surface area (Å²) in [6, 6.07) is 5.32. The molecule has 0 spiro atoms. The average Bonchev–Trinajstić information content (AvgIpc) is 2.63. The van der Waals surface area contributed by atoms with Crippen molar-refractivity contribution in [3.05, 3.63) is 23.8 Å². The molecule has 1 aliphatic heterocycles. The summed E-state index contributed by atoms with van der Waals surface area (Å²) >= 11 is 5.12. The van der Waals surface area contributed by atoms with Gasteiger partial charge in [0.15, 0.2) is 11.0 Å². The molecule has 7 nitrogen and oxygen atoms in total. The highest BCUT2D eigenvalue weighted by Crippen LogP contribution is 2.23. The van der Waals surface area contributed by atoms with E-state index in [1.165, 1.54) is 11.1 Å². The SMILES string of the molecule is CC[C@H](C)N1C(=O)[C@H](C=NCc2cc(OC)cc(OC)c2)C(=O)NC1=S. The maximum absolute atomic E-state index is 12.6. The van der Waals surface area contributed by atoms with Crippen LogP contribution in [-0.4, -0.2) is 48.3 Å². The molecule has 26 heavy (non-hydrogen) atoms. The number of hydrogen-bond acceptors (Lipinski definition) is 6. The molecule has 1 saturated heterocycles. The Morgan fingerprint density at radius 1 is 1.27 bits per heavy atom. The number of thiocarbonyl (C=S) groups is 1. The summed E-state index contributed by atoms with van der Waals surface area (Å²) in [5, 5.41) is 2.73. The van der Waals surface area contributed by atoms with Gasteiger partial charge >= 0.3 is 0 Å². The van der Waals surface area contributed by atoms with E-state index in [1.807, 2.05) is 26.0 Å². The van der Waals surface area contributed by atoms with E-state index in [1.54, 1.807) is 20.3 Å². The van der Waals surface area contributed by atoms with E-state index >= 15 is 0 Å². The fraction of sp³-hybridized carbons (Fsp3) is 0.444. The van der Waals surface area contributed by atoms with E-state index in [-0.39, 0.29) is 17.1 Å². The number of carbonyl (C=O) groups excluding carboxylic acids is 2. The number of ether oxygens (including phenoxy) is 2. The van der Waals surface area contributed by atoms with Crippen molar-refractivity contribution >= 4 is 35.4 Å². The fourth-order valence-corrected chi connectivity index (χ4v) is 2.93. The molecule has 0 unspecified atom stereocenters. The van der Waals surface area contributed by atoms with E-state index in [0.717, 1.165) is 12.0 Å². The van der Waals surface area contributed by atoms with Gasteiger partial charge in [0, 0.05) is 18.3 Å². The number of rotatable bonds is 7. The summed E-state index contributed by atoms with van der Waals surface area (Å²) in [5.74, 6) is -0.488. The van der Waals surface area contributed by atoms with Gasteiger partial charge in [-0.05, 0) is 43.3 Å². The van der Waals surface area contributed by atoms with Crippen LogP contribution in [0.5, 0.6) is 11.5 Å². The Labute approximate surface area is 158 Å². The monoisotopic (exact) mass is 377 g/mol. The van der Waals surface area contributed by atoms with Crippen molar-refractivity contribution in [2.24, 2.45) is 10.9 Å². The minimum absolute atomic E-state index is 0.0888. The van der Waals surface area contributed by atoms with Crippen LogP contribution in [0, 0.1) is 5.92 Å². The van der Waals surface area contributed by atoms with Gasteiger partial charge in [0.2, 0.25) is 11.8 Å². The predicted molar refractivity (Wildman–Crippen MR) is 103 cm³/mol. The first-order valence-electron chi connectivity index (χ1n) is 8.31. The molecule has 1 aromatic rings. The Morgan fingerprint density at radius 3 is 2.42 bits per heavy atom. The van der Waals surface area contributed by atoms with E-state index in [9.17, 15) is 9.59 Å². The molecule has 8 heteroatoms. The summed E-state index contributed by atoms with van der Waals surface area (Å²) in [7, 11) is 3.14. The highest BCUT2D eigenvalue weighted by molar-refractivity contribution is 7.80. The van der Waals surface area contributed by atoms with E-state index in [0.29, 0.717) is 18.0 Å². The highest BCUT2D eigenvalue weighted by atomic mass is 32.1. The zero-order chi connectivity index (χ0) is 19.3. The number of methoxy groups -OCH3 is 2. The van der Waals surface area contributed by atoms with Crippen molar-refractivity contribution in [3.63, 3.8) is 0 Å². The van der Waals surface area contributed by atoms with Crippen molar-refractivity contribution in [2.75, 3.05) is 14.2 Å². The van der Waals surface area contributed by atoms with Gasteiger partial charge in [-0.25, -0.2) is 0 Å². The maximum atomic E-state index is 12.6. The van der Waals surface area contributed by atoms with Gasteiger partial charge in [0.25, 0.3) is 0 Å². The van der Waals surface area contributed by atoms with E-state index in [2.05, 4.69) is 10.3 Å². The van der Waals surface area contributed by atoms with Gasteiger partial charge in [-0.3, -0.25) is 19.5 Å². The molecule has 0 aliphatic carbocycles. The molecule has 1 heterocycles. The molecule has 1 aromatic carbocycles. The Bertz CT molecular complexity index is 713. The number of nitrogens with zero attached hydrogens (tertiary/aromatic N) is 2. The van der Waals surface area contributed by atoms with Crippen LogP contribution in [0.1, 0.15) is 25.8 Å². The molecule has 1 fully saturated rings. The predicted octanol–water partition coefficient (Wildman–Crippen LogP) is 1.93. The largest absolute Gasteiger partial charge is 0.497 e. The van der Waals surface area contributed by atoms with Crippen LogP contribution in [0.25, 0.3) is 0 Å². The van der Waals surface area contributed by atoms with Crippen LogP contribution >= 0.6 is 12.2 Å². The first-order valence-corrected chi connectivity index (χ1v) is 8.71. The summed E-state index contributed by atoms with van der Waals surface area (Å²) in [5.41, 5.74) is 0.843. The summed E-state index contributed by atoms with van der Waals surface area (Å²) < 4.78 is 10.4. The van der Waals surface area contributed by atoms with Gasteiger partial charge in [-0.1, -0.05) is 6.92 Å². The summed E-state index contributed by atoms with van der Waals surface area (Å²) in [4.78, 5) is 30.5. The highest BCUT2D eigenvalue weighted by Gasteiger charge is 2.39. The van der Waals surface area contributed by atoms with E-state index < -0.39 is 11.8 Å². The zero-order valence-corrected chi connectivity index (χ0v) is 16.1. The smallest absolute Gasteiger partial charge is 0.247 e. The second-order valence-electron chi connectivity index (χ2n) is 5.95. The van der Waals surface area contributed by atoms with Crippen molar-refractivity contribution in [1.82, 2.24) is 10.2 Å². The molecule has 2 rings (SSSR count). The molecule has 0 radical (unpaired) electrons. The van der Waals surface area contributed by atoms with Gasteiger partial charge in [-0.2, -0.15) is 0 Å². The van der Waals surface area contributed by atoms with Crippen LogP contribution < -0.4 is 14.8 Å². The molecule has 0 aromatic heterocycles. The zero-order valence-electron chi connectivity index (χ0n) is 15.3. The molecule has 2 atom stereocenters. The van der Waals surface area contributed by atoms with Gasteiger partial charge in [-0.15, -0.1) is 0 Å². The quantitative estimate of drug-likeness (QED) is 0.446. The number of aliphatic imine (C=N–C) groups is 1.